The SMILES string of the molecule is COCCN1CCN(CCNC(C)(C)C)CC1. The van der Waals surface area contributed by atoms with Crippen molar-refractivity contribution < 1.29 is 4.74 Å². The van der Waals surface area contributed by atoms with E-state index in [0.717, 1.165) is 26.2 Å². The van der Waals surface area contributed by atoms with Gasteiger partial charge < -0.3 is 10.1 Å². The number of nitrogens with zero attached hydrogens (tertiary/aromatic N) is 2. The van der Waals surface area contributed by atoms with Crippen LogP contribution in [0.3, 0.4) is 0 Å². The van der Waals surface area contributed by atoms with E-state index in [1.807, 2.05) is 0 Å². The van der Waals surface area contributed by atoms with E-state index in [9.17, 15) is 0 Å². The van der Waals surface area contributed by atoms with Gasteiger partial charge in [0.25, 0.3) is 0 Å². The summed E-state index contributed by atoms with van der Waals surface area (Å²) in [6.07, 6.45) is 0. The van der Waals surface area contributed by atoms with Crippen LogP contribution < -0.4 is 5.32 Å². The average Bonchev–Trinajstić information content (AvgIpc) is 2.26. The van der Waals surface area contributed by atoms with Crippen LogP contribution in [0.1, 0.15) is 20.8 Å². The van der Waals surface area contributed by atoms with Gasteiger partial charge in [0.05, 0.1) is 6.61 Å². The van der Waals surface area contributed by atoms with Gasteiger partial charge in [-0.2, -0.15) is 0 Å². The molecule has 0 amide bonds. The van der Waals surface area contributed by atoms with Crippen molar-refractivity contribution in [3.63, 3.8) is 0 Å². The highest BCUT2D eigenvalue weighted by atomic mass is 16.5. The topological polar surface area (TPSA) is 27.7 Å². The van der Waals surface area contributed by atoms with E-state index < -0.39 is 0 Å². The summed E-state index contributed by atoms with van der Waals surface area (Å²) in [5.41, 5.74) is 0.236. The Hall–Kier alpha value is -0.160. The first-order chi connectivity index (χ1) is 8.01. The minimum absolute atomic E-state index is 0.236. The highest BCUT2D eigenvalue weighted by Crippen LogP contribution is 2.02. The van der Waals surface area contributed by atoms with Gasteiger partial charge in [-0.3, -0.25) is 9.80 Å². The quantitative estimate of drug-likeness (QED) is 0.741. The summed E-state index contributed by atoms with van der Waals surface area (Å²) in [5, 5.41) is 3.54. The number of piperazine rings is 1. The summed E-state index contributed by atoms with van der Waals surface area (Å²) in [5.74, 6) is 0. The van der Waals surface area contributed by atoms with E-state index in [0.29, 0.717) is 0 Å². The number of ether oxygens (including phenoxy) is 1. The molecule has 17 heavy (non-hydrogen) atoms. The van der Waals surface area contributed by atoms with Crippen molar-refractivity contribution in [2.24, 2.45) is 0 Å². The van der Waals surface area contributed by atoms with Crippen LogP contribution >= 0.6 is 0 Å². The molecule has 1 heterocycles. The monoisotopic (exact) mass is 243 g/mol. The van der Waals surface area contributed by atoms with Crippen molar-refractivity contribution in [3.05, 3.63) is 0 Å². The summed E-state index contributed by atoms with van der Waals surface area (Å²) >= 11 is 0. The van der Waals surface area contributed by atoms with E-state index in [1.54, 1.807) is 7.11 Å². The predicted molar refractivity (Wildman–Crippen MR) is 72.5 cm³/mol. The van der Waals surface area contributed by atoms with E-state index in [2.05, 4.69) is 35.9 Å². The van der Waals surface area contributed by atoms with E-state index in [4.69, 9.17) is 4.74 Å². The first-order valence-electron chi connectivity index (χ1n) is 6.70. The van der Waals surface area contributed by atoms with Gasteiger partial charge in [-0.05, 0) is 20.8 Å². The second kappa shape index (κ2) is 7.31. The molecule has 0 spiro atoms. The van der Waals surface area contributed by atoms with Crippen LogP contribution in [0.4, 0.5) is 0 Å². The second-order valence-electron chi connectivity index (χ2n) is 5.85. The highest BCUT2D eigenvalue weighted by Gasteiger charge is 2.16. The largest absolute Gasteiger partial charge is 0.383 e. The fourth-order valence-electron chi connectivity index (χ4n) is 2.05. The number of methoxy groups -OCH3 is 1. The van der Waals surface area contributed by atoms with Crippen LogP contribution in [0, 0.1) is 0 Å². The molecule has 1 aliphatic heterocycles. The van der Waals surface area contributed by atoms with Crippen LogP contribution in [-0.2, 0) is 4.74 Å². The Morgan fingerprint density at radius 2 is 1.53 bits per heavy atom. The number of hydrogen-bond acceptors (Lipinski definition) is 4. The van der Waals surface area contributed by atoms with Gasteiger partial charge in [-0.15, -0.1) is 0 Å². The normalized spacial score (nSPS) is 19.8. The molecule has 102 valence electrons. The highest BCUT2D eigenvalue weighted by molar-refractivity contribution is 4.75. The Labute approximate surface area is 106 Å². The molecule has 0 radical (unpaired) electrons. The number of nitrogens with one attached hydrogen (secondary N) is 1. The second-order valence-corrected chi connectivity index (χ2v) is 5.85. The van der Waals surface area contributed by atoms with Crippen LogP contribution in [0.5, 0.6) is 0 Å². The van der Waals surface area contributed by atoms with Crippen LogP contribution in [0.2, 0.25) is 0 Å². The fraction of sp³-hybridized carbons (Fsp3) is 1.00. The molecule has 0 aromatic rings. The lowest BCUT2D eigenvalue weighted by Crippen LogP contribution is -2.50. The molecule has 0 aromatic carbocycles. The van der Waals surface area contributed by atoms with Gasteiger partial charge in [-0.25, -0.2) is 0 Å². The lowest BCUT2D eigenvalue weighted by Gasteiger charge is -2.35. The molecule has 1 saturated heterocycles. The van der Waals surface area contributed by atoms with Crippen LogP contribution in [0.15, 0.2) is 0 Å². The third kappa shape index (κ3) is 6.99. The Balaban J connectivity index is 2.07. The van der Waals surface area contributed by atoms with Gasteiger partial charge in [0.15, 0.2) is 0 Å². The third-order valence-corrected chi connectivity index (χ3v) is 3.16. The zero-order valence-electron chi connectivity index (χ0n) is 12.0. The fourth-order valence-corrected chi connectivity index (χ4v) is 2.05. The number of rotatable bonds is 6. The summed E-state index contributed by atoms with van der Waals surface area (Å²) in [4.78, 5) is 5.03. The van der Waals surface area contributed by atoms with Crippen LogP contribution in [-0.4, -0.2) is 74.9 Å². The van der Waals surface area contributed by atoms with Crippen molar-refractivity contribution in [1.82, 2.24) is 15.1 Å². The molecule has 4 heteroatoms. The molecule has 4 nitrogen and oxygen atoms in total. The molecule has 0 aliphatic carbocycles. The average molecular weight is 243 g/mol. The molecule has 0 saturated carbocycles. The zero-order valence-corrected chi connectivity index (χ0v) is 12.0. The molecular weight excluding hydrogens is 214 g/mol. The maximum Gasteiger partial charge on any atom is 0.0589 e. The molecule has 1 rings (SSSR count). The molecule has 0 unspecified atom stereocenters. The Morgan fingerprint density at radius 3 is 2.00 bits per heavy atom. The van der Waals surface area contributed by atoms with Gasteiger partial charge in [0, 0.05) is 58.5 Å². The molecule has 1 N–H and O–H groups in total. The first-order valence-corrected chi connectivity index (χ1v) is 6.70. The smallest absolute Gasteiger partial charge is 0.0589 e. The van der Waals surface area contributed by atoms with Gasteiger partial charge in [0.2, 0.25) is 0 Å². The van der Waals surface area contributed by atoms with E-state index in [-0.39, 0.29) is 5.54 Å². The van der Waals surface area contributed by atoms with Crippen molar-refractivity contribution in [1.29, 1.82) is 0 Å². The maximum absolute atomic E-state index is 5.11. The van der Waals surface area contributed by atoms with E-state index >= 15 is 0 Å². The molecular formula is C13H29N3O. The first kappa shape index (κ1) is 14.9. The molecule has 0 aromatic heterocycles. The van der Waals surface area contributed by atoms with Crippen LogP contribution in [0.25, 0.3) is 0 Å². The minimum Gasteiger partial charge on any atom is -0.383 e. The Bertz CT molecular complexity index is 195. The number of hydrogen-bond donors (Lipinski definition) is 1. The lowest BCUT2D eigenvalue weighted by atomic mass is 10.1. The Morgan fingerprint density at radius 1 is 1.00 bits per heavy atom. The maximum atomic E-state index is 5.11. The standard InChI is InChI=1S/C13H29N3O/c1-13(2,3)14-5-6-15-7-9-16(10-8-15)11-12-17-4/h14H,5-12H2,1-4H3. The van der Waals surface area contributed by atoms with E-state index in [1.165, 1.54) is 26.2 Å². The summed E-state index contributed by atoms with van der Waals surface area (Å²) in [7, 11) is 1.77. The zero-order chi connectivity index (χ0) is 12.7. The molecule has 1 fully saturated rings. The van der Waals surface area contributed by atoms with Gasteiger partial charge in [0.1, 0.15) is 0 Å². The molecule has 1 aliphatic rings. The predicted octanol–water partition coefficient (Wildman–Crippen LogP) is 0.639. The van der Waals surface area contributed by atoms with Crippen molar-refractivity contribution in [2.75, 3.05) is 59.5 Å². The minimum atomic E-state index is 0.236. The summed E-state index contributed by atoms with van der Waals surface area (Å²) < 4.78 is 5.11. The summed E-state index contributed by atoms with van der Waals surface area (Å²) in [6, 6.07) is 0. The molecule has 0 atom stereocenters. The molecule has 0 bridgehead atoms. The third-order valence-electron chi connectivity index (χ3n) is 3.16. The van der Waals surface area contributed by atoms with Gasteiger partial charge in [-0.1, -0.05) is 0 Å². The summed E-state index contributed by atoms with van der Waals surface area (Å²) in [6.45, 7) is 15.6. The van der Waals surface area contributed by atoms with Crippen molar-refractivity contribution in [2.45, 2.75) is 26.3 Å². The lowest BCUT2D eigenvalue weighted by molar-refractivity contribution is 0.0965. The Kier molecular flexibility index (Phi) is 6.41. The van der Waals surface area contributed by atoms with Crippen molar-refractivity contribution in [3.8, 4) is 0 Å². The van der Waals surface area contributed by atoms with Crippen molar-refractivity contribution >= 4 is 0 Å². The van der Waals surface area contributed by atoms with Gasteiger partial charge >= 0.3 is 0 Å².